The Morgan fingerprint density at radius 3 is 2.65 bits per heavy atom. The molecular weight excluding hydrogens is 572 g/mol. The van der Waals surface area contributed by atoms with Crippen molar-refractivity contribution in [2.24, 2.45) is 0 Å². The minimum Gasteiger partial charge on any atom is -0.494 e. The van der Waals surface area contributed by atoms with Crippen LogP contribution in [-0.2, 0) is 20.9 Å². The summed E-state index contributed by atoms with van der Waals surface area (Å²) in [6.45, 7) is 3.77. The van der Waals surface area contributed by atoms with Gasteiger partial charge in [0, 0.05) is 49.0 Å². The first-order valence-electron chi connectivity index (χ1n) is 13.9. The SMILES string of the molecule is COc1cc2ncnc(Nc3ccc(OCc4ccccn4)c(Cl)c3)c2cc1NC(=O)C=CCN1C[C@@H]2OCCO[C@@H]2C1. The number of fused-ring (bicyclic) bond motifs is 2. The summed E-state index contributed by atoms with van der Waals surface area (Å²) in [6, 6.07) is 14.6. The Kier molecular flexibility index (Phi) is 8.94. The number of benzene rings is 2. The molecule has 11 nitrogen and oxygen atoms in total. The number of likely N-dealkylation sites (tertiary alicyclic amines) is 1. The zero-order valence-corrected chi connectivity index (χ0v) is 24.3. The van der Waals surface area contributed by atoms with Crippen molar-refractivity contribution in [3.63, 3.8) is 0 Å². The topological polar surface area (TPSA) is 120 Å². The van der Waals surface area contributed by atoms with Crippen molar-refractivity contribution in [3.8, 4) is 11.5 Å². The number of methoxy groups -OCH3 is 1. The summed E-state index contributed by atoms with van der Waals surface area (Å²) in [6.07, 6.45) is 6.73. The molecule has 4 aromatic rings. The standard InChI is InChI=1S/C31H31ClN6O5/c1-40-27-15-24-22(14-25(27)37-30(39)6-4-10-38-16-28-29(17-38)42-12-11-41-28)31(35-19-34-24)36-20-7-8-26(23(32)13-20)43-18-21-5-2-3-9-33-21/h2-9,13-15,19,28-29H,10-12,16-18H2,1H3,(H,37,39)(H,34,35,36)/t28-,29+. The lowest BCUT2D eigenvalue weighted by Crippen LogP contribution is -2.36. The molecule has 0 spiro atoms. The van der Waals surface area contributed by atoms with Gasteiger partial charge in [-0.05, 0) is 36.4 Å². The van der Waals surface area contributed by atoms with Crippen molar-refractivity contribution in [1.29, 1.82) is 0 Å². The van der Waals surface area contributed by atoms with Crippen LogP contribution in [0, 0.1) is 0 Å². The fourth-order valence-electron chi connectivity index (χ4n) is 5.09. The Morgan fingerprint density at radius 1 is 1.07 bits per heavy atom. The lowest BCUT2D eigenvalue weighted by molar-refractivity contribution is -0.116. The molecule has 222 valence electrons. The predicted molar refractivity (Wildman–Crippen MR) is 163 cm³/mol. The number of halogens is 1. The zero-order valence-electron chi connectivity index (χ0n) is 23.5. The number of ether oxygens (including phenoxy) is 4. The number of pyridine rings is 1. The monoisotopic (exact) mass is 602 g/mol. The van der Waals surface area contributed by atoms with Gasteiger partial charge in [-0.25, -0.2) is 9.97 Å². The fourth-order valence-corrected chi connectivity index (χ4v) is 5.32. The molecule has 4 heterocycles. The van der Waals surface area contributed by atoms with Crippen molar-refractivity contribution in [3.05, 3.63) is 83.9 Å². The van der Waals surface area contributed by atoms with E-state index in [0.29, 0.717) is 71.0 Å². The summed E-state index contributed by atoms with van der Waals surface area (Å²) in [5.41, 5.74) is 2.64. The van der Waals surface area contributed by atoms with Crippen LogP contribution in [0.15, 0.2) is 73.2 Å². The average Bonchev–Trinajstić information content (AvgIpc) is 3.44. The average molecular weight is 603 g/mol. The zero-order chi connectivity index (χ0) is 29.6. The summed E-state index contributed by atoms with van der Waals surface area (Å²) in [7, 11) is 1.55. The number of carbonyl (C=O) groups is 1. The van der Waals surface area contributed by atoms with Crippen LogP contribution < -0.4 is 20.1 Å². The first-order valence-corrected chi connectivity index (χ1v) is 14.3. The quantitative estimate of drug-likeness (QED) is 0.249. The van der Waals surface area contributed by atoms with E-state index in [1.54, 1.807) is 37.6 Å². The number of rotatable bonds is 10. The Bertz CT molecular complexity index is 1610. The number of aromatic nitrogens is 3. The highest BCUT2D eigenvalue weighted by Crippen LogP contribution is 2.35. The molecule has 12 heteroatoms. The molecular formula is C31H31ClN6O5. The van der Waals surface area contributed by atoms with Gasteiger partial charge in [-0.2, -0.15) is 0 Å². The molecule has 0 unspecified atom stereocenters. The Labute approximate surface area is 253 Å². The largest absolute Gasteiger partial charge is 0.494 e. The van der Waals surface area contributed by atoms with E-state index in [9.17, 15) is 4.79 Å². The normalized spacial score (nSPS) is 18.5. The fraction of sp³-hybridized carbons (Fsp3) is 0.290. The molecule has 2 aliphatic rings. The Morgan fingerprint density at radius 2 is 1.91 bits per heavy atom. The molecule has 2 fully saturated rings. The van der Waals surface area contributed by atoms with E-state index in [-0.39, 0.29) is 18.1 Å². The summed E-state index contributed by atoms with van der Waals surface area (Å²) in [5.74, 6) is 1.28. The van der Waals surface area contributed by atoms with E-state index in [4.69, 9.17) is 30.5 Å². The van der Waals surface area contributed by atoms with Crippen LogP contribution in [0.4, 0.5) is 17.2 Å². The van der Waals surface area contributed by atoms with Crippen LogP contribution in [0.3, 0.4) is 0 Å². The summed E-state index contributed by atoms with van der Waals surface area (Å²) >= 11 is 6.51. The van der Waals surface area contributed by atoms with Gasteiger partial charge in [0.2, 0.25) is 5.91 Å². The van der Waals surface area contributed by atoms with E-state index >= 15 is 0 Å². The molecule has 2 aromatic heterocycles. The van der Waals surface area contributed by atoms with Gasteiger partial charge in [-0.15, -0.1) is 0 Å². The van der Waals surface area contributed by atoms with Crippen LogP contribution in [0.25, 0.3) is 10.9 Å². The van der Waals surface area contributed by atoms with Crippen LogP contribution >= 0.6 is 11.6 Å². The molecule has 1 amide bonds. The molecule has 6 rings (SSSR count). The summed E-state index contributed by atoms with van der Waals surface area (Å²) in [4.78, 5) is 28.1. The Hall–Kier alpha value is -4.29. The third-order valence-electron chi connectivity index (χ3n) is 7.18. The van der Waals surface area contributed by atoms with Gasteiger partial charge < -0.3 is 29.6 Å². The highest BCUT2D eigenvalue weighted by molar-refractivity contribution is 6.32. The highest BCUT2D eigenvalue weighted by atomic mass is 35.5. The first-order chi connectivity index (χ1) is 21.1. The van der Waals surface area contributed by atoms with Crippen molar-refractivity contribution in [2.45, 2.75) is 18.8 Å². The smallest absolute Gasteiger partial charge is 0.248 e. The number of nitrogens with zero attached hydrogens (tertiary/aromatic N) is 4. The summed E-state index contributed by atoms with van der Waals surface area (Å²) < 4.78 is 22.9. The maximum Gasteiger partial charge on any atom is 0.248 e. The molecule has 0 aliphatic carbocycles. The van der Waals surface area contributed by atoms with Crippen molar-refractivity contribution in [2.75, 3.05) is 50.6 Å². The number of amides is 1. The van der Waals surface area contributed by atoms with Gasteiger partial charge in [0.15, 0.2) is 0 Å². The number of hydrogen-bond acceptors (Lipinski definition) is 10. The van der Waals surface area contributed by atoms with E-state index in [1.807, 2.05) is 30.3 Å². The minimum atomic E-state index is -0.277. The highest BCUT2D eigenvalue weighted by Gasteiger charge is 2.35. The summed E-state index contributed by atoms with van der Waals surface area (Å²) in [5, 5.41) is 7.34. The molecule has 2 aliphatic heterocycles. The van der Waals surface area contributed by atoms with Gasteiger partial charge in [0.25, 0.3) is 0 Å². The Balaban J connectivity index is 1.13. The van der Waals surface area contributed by atoms with E-state index in [2.05, 4.69) is 30.5 Å². The second-order valence-corrected chi connectivity index (χ2v) is 10.5. The van der Waals surface area contributed by atoms with Crippen LogP contribution in [0.1, 0.15) is 5.69 Å². The lowest BCUT2D eigenvalue weighted by Gasteiger charge is -2.24. The van der Waals surface area contributed by atoms with Crippen molar-refractivity contribution < 1.29 is 23.7 Å². The minimum absolute atomic E-state index is 0.0994. The second kappa shape index (κ2) is 13.3. The van der Waals surface area contributed by atoms with Crippen LogP contribution in [-0.4, -0.2) is 77.9 Å². The maximum atomic E-state index is 12.8. The molecule has 2 N–H and O–H groups in total. The molecule has 2 saturated heterocycles. The second-order valence-electron chi connectivity index (χ2n) is 10.1. The number of anilines is 3. The van der Waals surface area contributed by atoms with Crippen LogP contribution in [0.2, 0.25) is 5.02 Å². The molecule has 0 saturated carbocycles. The van der Waals surface area contributed by atoms with Crippen LogP contribution in [0.5, 0.6) is 11.5 Å². The first kappa shape index (κ1) is 28.8. The molecule has 2 atom stereocenters. The third-order valence-corrected chi connectivity index (χ3v) is 7.48. The maximum absolute atomic E-state index is 12.8. The number of nitrogens with one attached hydrogen (secondary N) is 2. The third kappa shape index (κ3) is 7.03. The van der Waals surface area contributed by atoms with Crippen molar-refractivity contribution in [1.82, 2.24) is 19.9 Å². The van der Waals surface area contributed by atoms with Gasteiger partial charge >= 0.3 is 0 Å². The van der Waals surface area contributed by atoms with Gasteiger partial charge in [0.05, 0.1) is 54.5 Å². The van der Waals surface area contributed by atoms with Gasteiger partial charge in [-0.1, -0.05) is 23.7 Å². The van der Waals surface area contributed by atoms with Gasteiger partial charge in [-0.3, -0.25) is 14.7 Å². The number of carbonyl (C=O) groups excluding carboxylic acids is 1. The van der Waals surface area contributed by atoms with Crippen molar-refractivity contribution >= 4 is 45.6 Å². The lowest BCUT2D eigenvalue weighted by atomic mass is 10.1. The van der Waals surface area contributed by atoms with E-state index < -0.39 is 0 Å². The molecule has 0 bridgehead atoms. The predicted octanol–water partition coefficient (Wildman–Crippen LogP) is 4.60. The van der Waals surface area contributed by atoms with E-state index in [0.717, 1.165) is 18.8 Å². The molecule has 0 radical (unpaired) electrons. The van der Waals surface area contributed by atoms with Gasteiger partial charge in [0.1, 0.15) is 30.3 Å². The molecule has 2 aromatic carbocycles. The number of hydrogen-bond donors (Lipinski definition) is 2. The molecule has 43 heavy (non-hydrogen) atoms. The van der Waals surface area contributed by atoms with E-state index in [1.165, 1.54) is 12.4 Å².